The molecule has 2 N–H and O–H groups in total. The van der Waals surface area contributed by atoms with Crippen molar-refractivity contribution < 1.29 is 9.47 Å². The zero-order valence-corrected chi connectivity index (χ0v) is 13.1. The minimum absolute atomic E-state index is 0.272. The average molecular weight is 290 g/mol. The zero-order valence-electron chi connectivity index (χ0n) is 13.1. The Morgan fingerprint density at radius 3 is 3.05 bits per heavy atom. The van der Waals surface area contributed by atoms with Crippen LogP contribution in [0.4, 0.5) is 0 Å². The van der Waals surface area contributed by atoms with Gasteiger partial charge < -0.3 is 15.2 Å². The third kappa shape index (κ3) is 3.01. The maximum atomic E-state index is 5.90. The number of nitrogens with two attached hydrogens (primary N) is 1. The summed E-state index contributed by atoms with van der Waals surface area (Å²) in [4.78, 5) is 2.47. The first-order chi connectivity index (χ1) is 10.2. The van der Waals surface area contributed by atoms with Crippen molar-refractivity contribution in [3.05, 3.63) is 23.3 Å². The van der Waals surface area contributed by atoms with Crippen molar-refractivity contribution in [1.29, 1.82) is 0 Å². The molecule has 1 aromatic rings. The number of hydrogen-bond acceptors (Lipinski definition) is 4. The van der Waals surface area contributed by atoms with Gasteiger partial charge in [0.1, 0.15) is 17.6 Å². The van der Waals surface area contributed by atoms with Crippen LogP contribution in [0.25, 0.3) is 0 Å². The smallest absolute Gasteiger partial charge is 0.124 e. The predicted molar refractivity (Wildman–Crippen MR) is 83.9 cm³/mol. The van der Waals surface area contributed by atoms with E-state index in [4.69, 9.17) is 15.2 Å². The van der Waals surface area contributed by atoms with Crippen LogP contribution in [-0.2, 0) is 13.0 Å². The van der Waals surface area contributed by atoms with Crippen molar-refractivity contribution in [3.8, 4) is 11.5 Å². The molecule has 2 heterocycles. The molecule has 4 heteroatoms. The Bertz CT molecular complexity index is 504. The molecule has 1 saturated heterocycles. The van der Waals surface area contributed by atoms with Crippen LogP contribution in [0.2, 0.25) is 0 Å². The molecule has 21 heavy (non-hydrogen) atoms. The fourth-order valence-corrected chi connectivity index (χ4v) is 3.48. The maximum Gasteiger partial charge on any atom is 0.124 e. The molecule has 0 bridgehead atoms. The Hall–Kier alpha value is -1.26. The highest BCUT2D eigenvalue weighted by molar-refractivity contribution is 5.48. The molecule has 1 aromatic carbocycles. The van der Waals surface area contributed by atoms with Crippen molar-refractivity contribution >= 4 is 0 Å². The van der Waals surface area contributed by atoms with Gasteiger partial charge in [0, 0.05) is 36.7 Å². The van der Waals surface area contributed by atoms with E-state index in [1.807, 2.05) is 6.92 Å². The second-order valence-electron chi connectivity index (χ2n) is 6.14. The summed E-state index contributed by atoms with van der Waals surface area (Å²) in [5.74, 6) is 2.04. The summed E-state index contributed by atoms with van der Waals surface area (Å²) in [6, 6.07) is 4.86. The fraction of sp³-hybridized carbons (Fsp3) is 0.647. The van der Waals surface area contributed by atoms with Crippen molar-refractivity contribution in [2.75, 3.05) is 19.7 Å². The van der Waals surface area contributed by atoms with Crippen LogP contribution in [0.5, 0.6) is 11.5 Å². The molecule has 0 radical (unpaired) electrons. The Labute approximate surface area is 127 Å². The van der Waals surface area contributed by atoms with Crippen molar-refractivity contribution in [3.63, 3.8) is 0 Å². The second kappa shape index (κ2) is 6.24. The van der Waals surface area contributed by atoms with E-state index in [0.717, 1.165) is 37.6 Å². The van der Waals surface area contributed by atoms with Gasteiger partial charge in [0.2, 0.25) is 0 Å². The van der Waals surface area contributed by atoms with Crippen molar-refractivity contribution in [2.24, 2.45) is 5.73 Å². The van der Waals surface area contributed by atoms with Crippen LogP contribution < -0.4 is 15.2 Å². The third-order valence-corrected chi connectivity index (χ3v) is 4.52. The number of benzene rings is 1. The summed E-state index contributed by atoms with van der Waals surface area (Å²) >= 11 is 0. The molecule has 2 unspecified atom stereocenters. The fourth-order valence-electron chi connectivity index (χ4n) is 3.48. The first-order valence-corrected chi connectivity index (χ1v) is 8.10. The maximum absolute atomic E-state index is 5.90. The second-order valence-corrected chi connectivity index (χ2v) is 6.14. The van der Waals surface area contributed by atoms with E-state index >= 15 is 0 Å². The average Bonchev–Trinajstić information content (AvgIpc) is 3.04. The number of ether oxygens (including phenoxy) is 2. The van der Waals surface area contributed by atoms with Gasteiger partial charge in [-0.15, -0.1) is 0 Å². The summed E-state index contributed by atoms with van der Waals surface area (Å²) < 4.78 is 11.8. The standard InChI is InChI=1S/C17H26N2O2/c1-3-20-16-8-13-7-12(2)21-17(13)9-14(16)11-19-6-4-5-15(19)10-18/h8-9,12,15H,3-7,10-11,18H2,1-2H3. The zero-order chi connectivity index (χ0) is 14.8. The molecule has 0 amide bonds. The lowest BCUT2D eigenvalue weighted by molar-refractivity contribution is 0.240. The van der Waals surface area contributed by atoms with Gasteiger partial charge in [-0.1, -0.05) is 0 Å². The summed E-state index contributed by atoms with van der Waals surface area (Å²) in [6.45, 7) is 7.62. The molecule has 0 aromatic heterocycles. The van der Waals surface area contributed by atoms with Crippen molar-refractivity contribution in [2.45, 2.75) is 51.8 Å². The first kappa shape index (κ1) is 14.7. The minimum Gasteiger partial charge on any atom is -0.494 e. The monoisotopic (exact) mass is 290 g/mol. The van der Waals surface area contributed by atoms with Gasteiger partial charge in [-0.25, -0.2) is 0 Å². The van der Waals surface area contributed by atoms with Crippen molar-refractivity contribution in [1.82, 2.24) is 4.90 Å². The topological polar surface area (TPSA) is 47.7 Å². The summed E-state index contributed by atoms with van der Waals surface area (Å²) in [6.07, 6.45) is 3.70. The molecule has 4 nitrogen and oxygen atoms in total. The molecule has 0 spiro atoms. The SMILES string of the molecule is CCOc1cc2c(cc1CN1CCCC1CN)OC(C)C2. The van der Waals surface area contributed by atoms with Crippen LogP contribution in [0.1, 0.15) is 37.8 Å². The lowest BCUT2D eigenvalue weighted by atomic mass is 10.1. The predicted octanol–water partition coefficient (Wildman–Crippen LogP) is 2.33. The first-order valence-electron chi connectivity index (χ1n) is 8.10. The van der Waals surface area contributed by atoms with E-state index in [1.165, 1.54) is 24.0 Å². The van der Waals surface area contributed by atoms with Gasteiger partial charge in [0.25, 0.3) is 0 Å². The highest BCUT2D eigenvalue weighted by Gasteiger charge is 2.26. The van der Waals surface area contributed by atoms with Gasteiger partial charge in [0.05, 0.1) is 6.61 Å². The summed E-state index contributed by atoms with van der Waals surface area (Å²) in [7, 11) is 0. The minimum atomic E-state index is 0.272. The molecule has 0 aliphatic carbocycles. The largest absolute Gasteiger partial charge is 0.494 e. The molecule has 2 aliphatic rings. The van der Waals surface area contributed by atoms with Gasteiger partial charge >= 0.3 is 0 Å². The van der Waals surface area contributed by atoms with E-state index < -0.39 is 0 Å². The van der Waals surface area contributed by atoms with Crippen LogP contribution in [0.3, 0.4) is 0 Å². The van der Waals surface area contributed by atoms with Gasteiger partial charge in [0.15, 0.2) is 0 Å². The third-order valence-electron chi connectivity index (χ3n) is 4.52. The Balaban J connectivity index is 1.84. The van der Waals surface area contributed by atoms with Crippen LogP contribution >= 0.6 is 0 Å². The van der Waals surface area contributed by atoms with E-state index in [-0.39, 0.29) is 6.10 Å². The molecule has 2 aliphatic heterocycles. The van der Waals surface area contributed by atoms with Gasteiger partial charge in [-0.05, 0) is 45.4 Å². The normalized spacial score (nSPS) is 24.9. The lowest BCUT2D eigenvalue weighted by Gasteiger charge is -2.24. The summed E-state index contributed by atoms with van der Waals surface area (Å²) in [5, 5.41) is 0. The number of rotatable bonds is 5. The lowest BCUT2D eigenvalue weighted by Crippen LogP contribution is -2.34. The molecular formula is C17H26N2O2. The Morgan fingerprint density at radius 2 is 2.29 bits per heavy atom. The Morgan fingerprint density at radius 1 is 1.43 bits per heavy atom. The molecule has 3 rings (SSSR count). The van der Waals surface area contributed by atoms with E-state index in [9.17, 15) is 0 Å². The highest BCUT2D eigenvalue weighted by atomic mass is 16.5. The van der Waals surface area contributed by atoms with Gasteiger partial charge in [-0.3, -0.25) is 4.90 Å². The summed E-state index contributed by atoms with van der Waals surface area (Å²) in [5.41, 5.74) is 8.38. The van der Waals surface area contributed by atoms with Crippen LogP contribution in [-0.4, -0.2) is 36.7 Å². The number of nitrogens with zero attached hydrogens (tertiary/aromatic N) is 1. The number of hydrogen-bond donors (Lipinski definition) is 1. The number of likely N-dealkylation sites (tertiary alicyclic amines) is 1. The molecule has 0 saturated carbocycles. The van der Waals surface area contributed by atoms with E-state index in [1.54, 1.807) is 0 Å². The van der Waals surface area contributed by atoms with E-state index in [0.29, 0.717) is 12.6 Å². The van der Waals surface area contributed by atoms with Gasteiger partial charge in [-0.2, -0.15) is 0 Å². The molecule has 116 valence electrons. The molecule has 1 fully saturated rings. The van der Waals surface area contributed by atoms with Crippen LogP contribution in [0, 0.1) is 0 Å². The highest BCUT2D eigenvalue weighted by Crippen LogP contribution is 2.36. The van der Waals surface area contributed by atoms with E-state index in [2.05, 4.69) is 24.0 Å². The number of fused-ring (bicyclic) bond motifs is 1. The molecular weight excluding hydrogens is 264 g/mol. The Kier molecular flexibility index (Phi) is 4.36. The van der Waals surface area contributed by atoms with Crippen LogP contribution in [0.15, 0.2) is 12.1 Å². The molecule has 2 atom stereocenters. The quantitative estimate of drug-likeness (QED) is 0.904.